The van der Waals surface area contributed by atoms with Crippen LogP contribution in [0, 0.1) is 5.92 Å². The molecule has 12 heavy (non-hydrogen) atoms. The number of hydrogen-bond acceptors (Lipinski definition) is 1. The molecule has 0 aliphatic heterocycles. The molecule has 0 spiro atoms. The van der Waals surface area contributed by atoms with Gasteiger partial charge in [0.1, 0.15) is 0 Å². The zero-order chi connectivity index (χ0) is 8.27. The highest BCUT2D eigenvalue weighted by Crippen LogP contribution is 2.21. The number of rotatable bonds is 1. The van der Waals surface area contributed by atoms with E-state index >= 15 is 0 Å². The van der Waals surface area contributed by atoms with Crippen LogP contribution in [-0.4, -0.2) is 11.1 Å². The van der Waals surface area contributed by atoms with Crippen LogP contribution >= 0.6 is 12.4 Å². The van der Waals surface area contributed by atoms with Crippen molar-refractivity contribution in [2.24, 2.45) is 5.92 Å². The Morgan fingerprint density at radius 2 is 2.33 bits per heavy atom. The number of carboxylic acid groups (broad SMARTS) is 1. The van der Waals surface area contributed by atoms with Crippen LogP contribution in [0.3, 0.4) is 0 Å². The third kappa shape index (κ3) is 3.26. The normalized spacial score (nSPS) is 23.4. The summed E-state index contributed by atoms with van der Waals surface area (Å²) in [6.07, 6.45) is 5.74. The fraction of sp³-hybridized carbons (Fsp3) is 0.667. The molecule has 0 heterocycles. The Labute approximate surface area is 79.1 Å². The third-order valence-corrected chi connectivity index (χ3v) is 2.18. The van der Waals surface area contributed by atoms with Crippen LogP contribution < -0.4 is 0 Å². The highest BCUT2D eigenvalue weighted by molar-refractivity contribution is 5.86. The lowest BCUT2D eigenvalue weighted by molar-refractivity contribution is -0.132. The van der Waals surface area contributed by atoms with Gasteiger partial charge in [-0.05, 0) is 25.2 Å². The average molecular weight is 191 g/mol. The van der Waals surface area contributed by atoms with Gasteiger partial charge in [0.15, 0.2) is 0 Å². The molecule has 3 heteroatoms. The quantitative estimate of drug-likeness (QED) is 0.690. The number of allylic oxidation sites excluding steroid dienone is 1. The van der Waals surface area contributed by atoms with E-state index in [4.69, 9.17) is 5.11 Å². The molecule has 0 radical (unpaired) electrons. The largest absolute Gasteiger partial charge is 0.478 e. The number of hydrogen-bond donors (Lipinski definition) is 1. The summed E-state index contributed by atoms with van der Waals surface area (Å²) >= 11 is 0. The van der Waals surface area contributed by atoms with Gasteiger partial charge in [-0.25, -0.2) is 4.79 Å². The van der Waals surface area contributed by atoms with Gasteiger partial charge in [-0.15, -0.1) is 12.4 Å². The van der Waals surface area contributed by atoms with Gasteiger partial charge in [0, 0.05) is 5.57 Å². The molecule has 1 unspecified atom stereocenters. The lowest BCUT2D eigenvalue weighted by Crippen LogP contribution is -1.98. The van der Waals surface area contributed by atoms with Crippen LogP contribution in [0.4, 0.5) is 0 Å². The lowest BCUT2D eigenvalue weighted by Gasteiger charge is -2.01. The summed E-state index contributed by atoms with van der Waals surface area (Å²) in [7, 11) is 0. The molecule has 0 amide bonds. The van der Waals surface area contributed by atoms with Crippen LogP contribution in [0.1, 0.15) is 32.6 Å². The first-order valence-corrected chi connectivity index (χ1v) is 4.12. The van der Waals surface area contributed by atoms with Gasteiger partial charge in [-0.3, -0.25) is 0 Å². The zero-order valence-corrected chi connectivity index (χ0v) is 8.06. The maximum absolute atomic E-state index is 10.5. The molecule has 0 aromatic heterocycles. The molecular weight excluding hydrogens is 176 g/mol. The number of halogens is 1. The molecule has 0 saturated carbocycles. The maximum Gasteiger partial charge on any atom is 0.331 e. The van der Waals surface area contributed by atoms with E-state index in [-0.39, 0.29) is 12.4 Å². The Hall–Kier alpha value is -0.500. The van der Waals surface area contributed by atoms with E-state index in [9.17, 15) is 4.79 Å². The maximum atomic E-state index is 10.5. The van der Waals surface area contributed by atoms with Gasteiger partial charge in [-0.1, -0.05) is 19.4 Å². The summed E-state index contributed by atoms with van der Waals surface area (Å²) in [5.41, 5.74) is 0.606. The molecule has 1 atom stereocenters. The van der Waals surface area contributed by atoms with E-state index in [0.29, 0.717) is 11.5 Å². The van der Waals surface area contributed by atoms with Gasteiger partial charge in [-0.2, -0.15) is 0 Å². The van der Waals surface area contributed by atoms with Gasteiger partial charge in [0.25, 0.3) is 0 Å². The van der Waals surface area contributed by atoms with E-state index in [1.807, 2.05) is 6.08 Å². The molecule has 0 aromatic carbocycles. The van der Waals surface area contributed by atoms with Crippen molar-refractivity contribution >= 4 is 18.4 Å². The first kappa shape index (κ1) is 11.5. The molecule has 0 saturated heterocycles. The first-order valence-electron chi connectivity index (χ1n) is 4.12. The molecule has 70 valence electrons. The number of aliphatic carboxylic acids is 1. The van der Waals surface area contributed by atoms with Crippen molar-refractivity contribution in [2.45, 2.75) is 32.6 Å². The van der Waals surface area contributed by atoms with Crippen molar-refractivity contribution in [1.82, 2.24) is 0 Å². The van der Waals surface area contributed by atoms with E-state index in [1.165, 1.54) is 0 Å². The van der Waals surface area contributed by atoms with Crippen LogP contribution in [-0.2, 0) is 4.79 Å². The predicted molar refractivity (Wildman–Crippen MR) is 50.6 cm³/mol. The molecular formula is C9H15ClO2. The minimum atomic E-state index is -0.737. The Kier molecular flexibility index (Phi) is 4.98. The van der Waals surface area contributed by atoms with Crippen LogP contribution in [0.5, 0.6) is 0 Å². The molecule has 2 nitrogen and oxygen atoms in total. The summed E-state index contributed by atoms with van der Waals surface area (Å²) in [5.74, 6) is -0.0778. The monoisotopic (exact) mass is 190 g/mol. The zero-order valence-electron chi connectivity index (χ0n) is 7.25. The smallest absolute Gasteiger partial charge is 0.331 e. The fourth-order valence-corrected chi connectivity index (χ4v) is 1.40. The molecule has 1 aliphatic rings. The summed E-state index contributed by atoms with van der Waals surface area (Å²) in [4.78, 5) is 10.5. The third-order valence-electron chi connectivity index (χ3n) is 2.18. The number of carboxylic acids is 1. The van der Waals surface area contributed by atoms with Crippen molar-refractivity contribution in [3.05, 3.63) is 11.6 Å². The van der Waals surface area contributed by atoms with Crippen molar-refractivity contribution in [2.75, 3.05) is 0 Å². The minimum absolute atomic E-state index is 0. The SMILES string of the molecule is CC1CC=C(C(=O)O)CCC1.Cl. The molecule has 1 rings (SSSR count). The molecule has 0 fully saturated rings. The van der Waals surface area contributed by atoms with Crippen LogP contribution in [0.15, 0.2) is 11.6 Å². The van der Waals surface area contributed by atoms with Gasteiger partial charge in [0.05, 0.1) is 0 Å². The second-order valence-corrected chi connectivity index (χ2v) is 3.27. The molecule has 0 aromatic rings. The van der Waals surface area contributed by atoms with E-state index in [2.05, 4.69) is 6.92 Å². The van der Waals surface area contributed by atoms with Crippen molar-refractivity contribution < 1.29 is 9.90 Å². The van der Waals surface area contributed by atoms with E-state index in [1.54, 1.807) is 0 Å². The topological polar surface area (TPSA) is 37.3 Å². The standard InChI is InChI=1S/C9H14O2.ClH/c1-7-3-2-4-8(6-5-7)9(10)11;/h6-7H,2-5H2,1H3,(H,10,11);1H. The predicted octanol–water partition coefficient (Wildman–Crippen LogP) is 2.63. The average Bonchev–Trinajstić information content (AvgIpc) is 2.13. The molecule has 0 bridgehead atoms. The van der Waals surface area contributed by atoms with Crippen molar-refractivity contribution in [3.8, 4) is 0 Å². The minimum Gasteiger partial charge on any atom is -0.478 e. The van der Waals surface area contributed by atoms with Crippen LogP contribution in [0.25, 0.3) is 0 Å². The lowest BCUT2D eigenvalue weighted by atomic mass is 10.0. The van der Waals surface area contributed by atoms with E-state index < -0.39 is 5.97 Å². The van der Waals surface area contributed by atoms with Crippen LogP contribution in [0.2, 0.25) is 0 Å². The van der Waals surface area contributed by atoms with Gasteiger partial charge >= 0.3 is 5.97 Å². The highest BCUT2D eigenvalue weighted by Gasteiger charge is 2.12. The fourth-order valence-electron chi connectivity index (χ4n) is 1.40. The van der Waals surface area contributed by atoms with E-state index in [0.717, 1.165) is 25.7 Å². The summed E-state index contributed by atoms with van der Waals surface area (Å²) in [6.45, 7) is 2.17. The summed E-state index contributed by atoms with van der Waals surface area (Å²) in [5, 5.41) is 8.68. The molecule has 1 N–H and O–H groups in total. The summed E-state index contributed by atoms with van der Waals surface area (Å²) < 4.78 is 0. The highest BCUT2D eigenvalue weighted by atomic mass is 35.5. The second kappa shape index (κ2) is 5.20. The Balaban J connectivity index is 0.00000121. The van der Waals surface area contributed by atoms with Crippen molar-refractivity contribution in [3.63, 3.8) is 0 Å². The van der Waals surface area contributed by atoms with Gasteiger partial charge < -0.3 is 5.11 Å². The Morgan fingerprint density at radius 1 is 1.67 bits per heavy atom. The summed E-state index contributed by atoms with van der Waals surface area (Å²) in [6, 6.07) is 0. The van der Waals surface area contributed by atoms with Crippen molar-refractivity contribution in [1.29, 1.82) is 0 Å². The second-order valence-electron chi connectivity index (χ2n) is 3.27. The molecule has 1 aliphatic carbocycles. The number of carbonyl (C=O) groups is 1. The Morgan fingerprint density at radius 3 is 2.92 bits per heavy atom. The first-order chi connectivity index (χ1) is 5.20. The van der Waals surface area contributed by atoms with Gasteiger partial charge in [0.2, 0.25) is 0 Å². The Bertz CT molecular complexity index is 187.